The molecule has 4 nitrogen and oxygen atoms in total. The van der Waals surface area contributed by atoms with Crippen molar-refractivity contribution in [2.75, 3.05) is 13.1 Å². The van der Waals surface area contributed by atoms with E-state index in [1.165, 1.54) is 5.56 Å². The SMILES string of the molecule is CCCc1ccc(C(=O)N2C[C@@H]3CCC[C@@]3(C(=O)O)C2)cc1. The smallest absolute Gasteiger partial charge is 0.311 e. The van der Waals surface area contributed by atoms with Crippen molar-refractivity contribution in [3.63, 3.8) is 0 Å². The summed E-state index contributed by atoms with van der Waals surface area (Å²) in [4.78, 5) is 26.1. The van der Waals surface area contributed by atoms with Crippen molar-refractivity contribution in [3.05, 3.63) is 35.4 Å². The second kappa shape index (κ2) is 5.75. The molecular formula is C18H23NO3. The summed E-state index contributed by atoms with van der Waals surface area (Å²) in [6.07, 6.45) is 4.69. The minimum absolute atomic E-state index is 0.0296. The highest BCUT2D eigenvalue weighted by atomic mass is 16.4. The maximum absolute atomic E-state index is 12.6. The highest BCUT2D eigenvalue weighted by Gasteiger charge is 2.55. The number of nitrogens with zero attached hydrogens (tertiary/aromatic N) is 1. The van der Waals surface area contributed by atoms with Crippen LogP contribution in [0.25, 0.3) is 0 Å². The summed E-state index contributed by atoms with van der Waals surface area (Å²) < 4.78 is 0. The van der Waals surface area contributed by atoms with E-state index in [2.05, 4.69) is 6.92 Å². The van der Waals surface area contributed by atoms with Crippen LogP contribution >= 0.6 is 0 Å². The molecule has 0 aromatic heterocycles. The molecule has 2 aliphatic rings. The minimum Gasteiger partial charge on any atom is -0.481 e. The molecule has 0 bridgehead atoms. The summed E-state index contributed by atoms with van der Waals surface area (Å²) in [6, 6.07) is 7.74. The first-order chi connectivity index (χ1) is 10.6. The Morgan fingerprint density at radius 1 is 1.32 bits per heavy atom. The zero-order valence-corrected chi connectivity index (χ0v) is 13.0. The van der Waals surface area contributed by atoms with Gasteiger partial charge in [-0.05, 0) is 42.9 Å². The van der Waals surface area contributed by atoms with Crippen LogP contribution in [0.3, 0.4) is 0 Å². The largest absolute Gasteiger partial charge is 0.481 e. The number of hydrogen-bond acceptors (Lipinski definition) is 2. The Balaban J connectivity index is 1.75. The van der Waals surface area contributed by atoms with Gasteiger partial charge >= 0.3 is 5.97 Å². The van der Waals surface area contributed by atoms with Crippen LogP contribution in [0.2, 0.25) is 0 Å². The lowest BCUT2D eigenvalue weighted by atomic mass is 9.81. The quantitative estimate of drug-likeness (QED) is 0.930. The molecule has 118 valence electrons. The van der Waals surface area contributed by atoms with Crippen LogP contribution in [-0.2, 0) is 11.2 Å². The van der Waals surface area contributed by atoms with Gasteiger partial charge in [0.15, 0.2) is 0 Å². The molecule has 1 aliphatic heterocycles. The van der Waals surface area contributed by atoms with Crippen LogP contribution in [0.5, 0.6) is 0 Å². The van der Waals surface area contributed by atoms with Gasteiger partial charge in [0.2, 0.25) is 0 Å². The number of hydrogen-bond donors (Lipinski definition) is 1. The topological polar surface area (TPSA) is 57.6 Å². The van der Waals surface area contributed by atoms with E-state index in [-0.39, 0.29) is 11.8 Å². The van der Waals surface area contributed by atoms with E-state index in [9.17, 15) is 14.7 Å². The lowest BCUT2D eigenvalue weighted by Crippen LogP contribution is -2.37. The zero-order chi connectivity index (χ0) is 15.7. The van der Waals surface area contributed by atoms with Crippen molar-refractivity contribution in [1.29, 1.82) is 0 Å². The van der Waals surface area contributed by atoms with Crippen molar-refractivity contribution < 1.29 is 14.7 Å². The maximum Gasteiger partial charge on any atom is 0.311 e. The lowest BCUT2D eigenvalue weighted by molar-refractivity contribution is -0.149. The number of benzene rings is 1. The number of aryl methyl sites for hydroxylation is 1. The van der Waals surface area contributed by atoms with Gasteiger partial charge in [0.1, 0.15) is 0 Å². The third kappa shape index (κ3) is 2.40. The molecule has 4 heteroatoms. The van der Waals surface area contributed by atoms with Crippen molar-refractivity contribution >= 4 is 11.9 Å². The summed E-state index contributed by atoms with van der Waals surface area (Å²) in [5, 5.41) is 9.60. The second-order valence-electron chi connectivity index (χ2n) is 6.68. The van der Waals surface area contributed by atoms with Gasteiger partial charge in [-0.3, -0.25) is 9.59 Å². The molecule has 2 fully saturated rings. The predicted molar refractivity (Wildman–Crippen MR) is 83.8 cm³/mol. The van der Waals surface area contributed by atoms with Gasteiger partial charge in [-0.25, -0.2) is 0 Å². The number of fused-ring (bicyclic) bond motifs is 1. The summed E-state index contributed by atoms with van der Waals surface area (Å²) in [6.45, 7) is 3.08. The van der Waals surface area contributed by atoms with E-state index < -0.39 is 11.4 Å². The number of rotatable bonds is 4. The van der Waals surface area contributed by atoms with Crippen LogP contribution in [0.1, 0.15) is 48.5 Å². The van der Waals surface area contributed by atoms with Gasteiger partial charge in [0.25, 0.3) is 5.91 Å². The molecule has 1 amide bonds. The van der Waals surface area contributed by atoms with E-state index in [0.717, 1.165) is 25.7 Å². The molecule has 1 aliphatic carbocycles. The number of carboxylic acids is 1. The molecule has 1 heterocycles. The Morgan fingerprint density at radius 3 is 2.64 bits per heavy atom. The number of likely N-dealkylation sites (tertiary alicyclic amines) is 1. The third-order valence-electron chi connectivity index (χ3n) is 5.32. The number of aliphatic carboxylic acids is 1. The zero-order valence-electron chi connectivity index (χ0n) is 13.0. The van der Waals surface area contributed by atoms with Crippen LogP contribution in [-0.4, -0.2) is 35.0 Å². The Morgan fingerprint density at radius 2 is 2.05 bits per heavy atom. The first kappa shape index (κ1) is 15.1. The van der Waals surface area contributed by atoms with Gasteiger partial charge in [-0.1, -0.05) is 31.9 Å². The lowest BCUT2D eigenvalue weighted by Gasteiger charge is -2.23. The van der Waals surface area contributed by atoms with Gasteiger partial charge in [-0.2, -0.15) is 0 Å². The summed E-state index contributed by atoms with van der Waals surface area (Å²) in [7, 11) is 0. The van der Waals surface area contributed by atoms with E-state index in [1.54, 1.807) is 4.90 Å². The van der Waals surface area contributed by atoms with E-state index in [0.29, 0.717) is 25.1 Å². The normalized spacial score (nSPS) is 27.0. The van der Waals surface area contributed by atoms with Crippen molar-refractivity contribution in [2.45, 2.75) is 39.0 Å². The van der Waals surface area contributed by atoms with Crippen molar-refractivity contribution in [2.24, 2.45) is 11.3 Å². The molecule has 0 spiro atoms. The molecular weight excluding hydrogens is 278 g/mol. The Labute approximate surface area is 131 Å². The molecule has 1 saturated carbocycles. The first-order valence-corrected chi connectivity index (χ1v) is 8.18. The average molecular weight is 301 g/mol. The molecule has 0 radical (unpaired) electrons. The number of carbonyl (C=O) groups is 2. The number of amides is 1. The van der Waals surface area contributed by atoms with E-state index in [4.69, 9.17) is 0 Å². The molecule has 1 saturated heterocycles. The van der Waals surface area contributed by atoms with E-state index >= 15 is 0 Å². The van der Waals surface area contributed by atoms with Crippen LogP contribution in [0.4, 0.5) is 0 Å². The van der Waals surface area contributed by atoms with Gasteiger partial charge < -0.3 is 10.0 Å². The molecule has 1 N–H and O–H groups in total. The molecule has 1 aromatic rings. The summed E-state index contributed by atoms with van der Waals surface area (Å²) in [5.41, 5.74) is 1.21. The molecule has 22 heavy (non-hydrogen) atoms. The second-order valence-corrected chi connectivity index (χ2v) is 6.68. The fourth-order valence-corrected chi connectivity index (χ4v) is 4.08. The third-order valence-corrected chi connectivity index (χ3v) is 5.32. The highest BCUT2D eigenvalue weighted by molar-refractivity contribution is 5.95. The molecule has 2 atom stereocenters. The molecule has 1 aromatic carbocycles. The Kier molecular flexibility index (Phi) is 3.94. The van der Waals surface area contributed by atoms with Crippen LogP contribution < -0.4 is 0 Å². The maximum atomic E-state index is 12.6. The average Bonchev–Trinajstić information content (AvgIpc) is 3.05. The van der Waals surface area contributed by atoms with Gasteiger partial charge in [0.05, 0.1) is 5.41 Å². The summed E-state index contributed by atoms with van der Waals surface area (Å²) >= 11 is 0. The van der Waals surface area contributed by atoms with E-state index in [1.807, 2.05) is 24.3 Å². The van der Waals surface area contributed by atoms with Crippen molar-refractivity contribution in [3.8, 4) is 0 Å². The highest BCUT2D eigenvalue weighted by Crippen LogP contribution is 2.49. The standard InChI is InChI=1S/C18H23NO3/c1-2-4-13-6-8-14(9-7-13)16(20)19-11-15-5-3-10-18(15,12-19)17(21)22/h6-9,15H,2-5,10-12H2,1H3,(H,21,22)/t15-,18+/m0/s1. The van der Waals surface area contributed by atoms with Crippen LogP contribution in [0.15, 0.2) is 24.3 Å². The Hall–Kier alpha value is -1.84. The monoisotopic (exact) mass is 301 g/mol. The summed E-state index contributed by atoms with van der Waals surface area (Å²) in [5.74, 6) is -0.644. The van der Waals surface area contributed by atoms with Crippen molar-refractivity contribution in [1.82, 2.24) is 4.90 Å². The fraction of sp³-hybridized carbons (Fsp3) is 0.556. The number of carboxylic acid groups (broad SMARTS) is 1. The fourth-order valence-electron chi connectivity index (χ4n) is 4.08. The minimum atomic E-state index is -0.733. The van der Waals surface area contributed by atoms with Gasteiger partial charge in [0, 0.05) is 18.7 Å². The Bertz CT molecular complexity index is 580. The van der Waals surface area contributed by atoms with Gasteiger partial charge in [-0.15, -0.1) is 0 Å². The molecule has 0 unspecified atom stereocenters. The predicted octanol–water partition coefficient (Wildman–Crippen LogP) is 2.97. The van der Waals surface area contributed by atoms with Crippen LogP contribution in [0, 0.1) is 11.3 Å². The molecule has 3 rings (SSSR count). The number of carbonyl (C=O) groups excluding carboxylic acids is 1. The first-order valence-electron chi connectivity index (χ1n) is 8.18.